The van der Waals surface area contributed by atoms with Crippen LogP contribution in [0.25, 0.3) is 5.69 Å². The first-order valence-electron chi connectivity index (χ1n) is 6.49. The van der Waals surface area contributed by atoms with Crippen LogP contribution in [-0.4, -0.2) is 20.2 Å². The SMILES string of the molecule is Clc1cc(I)ccc1-n1nnnc1C1CCCCC1. The second-order valence-electron chi connectivity index (χ2n) is 4.88. The zero-order valence-electron chi connectivity index (χ0n) is 10.4. The van der Waals surface area contributed by atoms with Crippen molar-refractivity contribution in [1.29, 1.82) is 0 Å². The van der Waals surface area contributed by atoms with Crippen LogP contribution in [0, 0.1) is 3.57 Å². The van der Waals surface area contributed by atoms with E-state index in [2.05, 4.69) is 38.1 Å². The topological polar surface area (TPSA) is 43.6 Å². The zero-order valence-corrected chi connectivity index (χ0v) is 13.3. The van der Waals surface area contributed by atoms with Crippen LogP contribution < -0.4 is 0 Å². The summed E-state index contributed by atoms with van der Waals surface area (Å²) in [5.74, 6) is 1.40. The Balaban J connectivity index is 1.99. The van der Waals surface area contributed by atoms with Crippen molar-refractivity contribution in [2.24, 2.45) is 0 Å². The highest BCUT2D eigenvalue weighted by Gasteiger charge is 2.23. The highest BCUT2D eigenvalue weighted by Crippen LogP contribution is 2.33. The molecule has 2 aromatic rings. The molecule has 0 spiro atoms. The summed E-state index contributed by atoms with van der Waals surface area (Å²) in [7, 11) is 0. The van der Waals surface area contributed by atoms with E-state index in [9.17, 15) is 0 Å². The zero-order chi connectivity index (χ0) is 13.2. The highest BCUT2D eigenvalue weighted by atomic mass is 127. The molecule has 3 rings (SSSR count). The van der Waals surface area contributed by atoms with Gasteiger partial charge in [0.2, 0.25) is 0 Å². The molecule has 6 heteroatoms. The summed E-state index contributed by atoms with van der Waals surface area (Å²) in [6.07, 6.45) is 6.18. The smallest absolute Gasteiger partial charge is 0.159 e. The maximum atomic E-state index is 6.31. The Hall–Kier alpha value is -0.690. The van der Waals surface area contributed by atoms with E-state index < -0.39 is 0 Å². The van der Waals surface area contributed by atoms with Crippen molar-refractivity contribution < 1.29 is 0 Å². The Bertz CT molecular complexity index is 578. The number of aromatic nitrogens is 4. The second kappa shape index (κ2) is 5.75. The van der Waals surface area contributed by atoms with E-state index in [1.165, 1.54) is 32.1 Å². The molecule has 0 radical (unpaired) electrons. The lowest BCUT2D eigenvalue weighted by Crippen LogP contribution is -2.12. The molecule has 0 saturated heterocycles. The maximum absolute atomic E-state index is 6.31. The van der Waals surface area contributed by atoms with Crippen molar-refractivity contribution in [2.75, 3.05) is 0 Å². The number of tetrazole rings is 1. The normalized spacial score (nSPS) is 16.7. The molecule has 0 aliphatic heterocycles. The first kappa shape index (κ1) is 13.3. The molecule has 0 unspecified atom stereocenters. The molecule has 4 nitrogen and oxygen atoms in total. The highest BCUT2D eigenvalue weighted by molar-refractivity contribution is 14.1. The lowest BCUT2D eigenvalue weighted by atomic mass is 9.89. The summed E-state index contributed by atoms with van der Waals surface area (Å²) < 4.78 is 2.91. The van der Waals surface area contributed by atoms with E-state index in [-0.39, 0.29) is 0 Å². The van der Waals surface area contributed by atoms with Gasteiger partial charge >= 0.3 is 0 Å². The van der Waals surface area contributed by atoms with Crippen LogP contribution in [-0.2, 0) is 0 Å². The minimum absolute atomic E-state index is 0.457. The number of nitrogens with zero attached hydrogens (tertiary/aromatic N) is 4. The third-order valence-corrected chi connectivity index (χ3v) is 4.58. The van der Waals surface area contributed by atoms with E-state index in [0.717, 1.165) is 15.1 Å². The average Bonchev–Trinajstić information content (AvgIpc) is 2.89. The van der Waals surface area contributed by atoms with Gasteiger partial charge in [0.05, 0.1) is 10.7 Å². The van der Waals surface area contributed by atoms with E-state index >= 15 is 0 Å². The van der Waals surface area contributed by atoms with Gasteiger partial charge in [-0.15, -0.1) is 5.10 Å². The summed E-state index contributed by atoms with van der Waals surface area (Å²) in [6.45, 7) is 0. The van der Waals surface area contributed by atoms with Crippen LogP contribution in [0.1, 0.15) is 43.8 Å². The minimum atomic E-state index is 0.457. The Morgan fingerprint density at radius 2 is 2.00 bits per heavy atom. The van der Waals surface area contributed by atoms with Gasteiger partial charge in [-0.1, -0.05) is 30.9 Å². The number of hydrogen-bond donors (Lipinski definition) is 0. The Morgan fingerprint density at radius 3 is 2.74 bits per heavy atom. The quantitative estimate of drug-likeness (QED) is 0.731. The summed E-state index contributed by atoms with van der Waals surface area (Å²) in [4.78, 5) is 0. The Labute approximate surface area is 130 Å². The number of benzene rings is 1. The summed E-state index contributed by atoms with van der Waals surface area (Å²) >= 11 is 8.56. The van der Waals surface area contributed by atoms with Crippen LogP contribution in [0.15, 0.2) is 18.2 Å². The van der Waals surface area contributed by atoms with Crippen LogP contribution in [0.4, 0.5) is 0 Å². The third kappa shape index (κ3) is 2.76. The molecule has 1 saturated carbocycles. The van der Waals surface area contributed by atoms with Crippen molar-refractivity contribution in [3.05, 3.63) is 32.6 Å². The molecule has 1 fully saturated rings. The molecule has 19 heavy (non-hydrogen) atoms. The molecule has 0 amide bonds. The Kier molecular flexibility index (Phi) is 4.02. The third-order valence-electron chi connectivity index (χ3n) is 3.60. The molecule has 0 atom stereocenters. The molecule has 1 aliphatic carbocycles. The van der Waals surface area contributed by atoms with Crippen molar-refractivity contribution in [3.63, 3.8) is 0 Å². The second-order valence-corrected chi connectivity index (χ2v) is 6.53. The fourth-order valence-corrected chi connectivity index (χ4v) is 3.57. The number of hydrogen-bond acceptors (Lipinski definition) is 3. The summed E-state index contributed by atoms with van der Waals surface area (Å²) in [6, 6.07) is 5.94. The molecule has 100 valence electrons. The Morgan fingerprint density at radius 1 is 1.21 bits per heavy atom. The molecular formula is C13H14ClIN4. The van der Waals surface area contributed by atoms with E-state index in [1.807, 2.05) is 18.2 Å². The van der Waals surface area contributed by atoms with Crippen molar-refractivity contribution in [2.45, 2.75) is 38.0 Å². The van der Waals surface area contributed by atoms with Gasteiger partial charge in [0.15, 0.2) is 5.82 Å². The molecule has 1 aliphatic rings. The lowest BCUT2D eigenvalue weighted by molar-refractivity contribution is 0.422. The number of halogens is 2. The molecule has 1 aromatic carbocycles. The van der Waals surface area contributed by atoms with Gasteiger partial charge in [0.1, 0.15) is 0 Å². The van der Waals surface area contributed by atoms with Gasteiger partial charge in [0, 0.05) is 9.49 Å². The van der Waals surface area contributed by atoms with Gasteiger partial charge in [-0.25, -0.2) is 0 Å². The first-order chi connectivity index (χ1) is 9.25. The van der Waals surface area contributed by atoms with Crippen molar-refractivity contribution in [3.8, 4) is 5.69 Å². The first-order valence-corrected chi connectivity index (χ1v) is 7.95. The molecular weight excluding hydrogens is 375 g/mol. The summed E-state index contributed by atoms with van der Waals surface area (Å²) in [5.41, 5.74) is 0.868. The van der Waals surface area contributed by atoms with Gasteiger partial charge < -0.3 is 0 Å². The average molecular weight is 389 g/mol. The standard InChI is InChI=1S/C13H14ClIN4/c14-11-8-10(15)6-7-12(11)19-13(16-17-18-19)9-4-2-1-3-5-9/h6-9H,1-5H2. The number of rotatable bonds is 2. The minimum Gasteiger partial charge on any atom is -0.196 e. The van der Waals surface area contributed by atoms with E-state index in [4.69, 9.17) is 11.6 Å². The van der Waals surface area contributed by atoms with E-state index in [1.54, 1.807) is 4.68 Å². The van der Waals surface area contributed by atoms with Crippen molar-refractivity contribution in [1.82, 2.24) is 20.2 Å². The van der Waals surface area contributed by atoms with Gasteiger partial charge in [-0.2, -0.15) is 4.68 Å². The fourth-order valence-electron chi connectivity index (χ4n) is 2.63. The van der Waals surface area contributed by atoms with Gasteiger partial charge in [0.25, 0.3) is 0 Å². The summed E-state index contributed by atoms with van der Waals surface area (Å²) in [5, 5.41) is 12.9. The van der Waals surface area contributed by atoms with E-state index in [0.29, 0.717) is 10.9 Å². The van der Waals surface area contributed by atoms with Crippen LogP contribution in [0.2, 0.25) is 5.02 Å². The lowest BCUT2D eigenvalue weighted by Gasteiger charge is -2.20. The predicted molar refractivity (Wildman–Crippen MR) is 82.7 cm³/mol. The molecule has 0 N–H and O–H groups in total. The molecule has 1 aromatic heterocycles. The monoisotopic (exact) mass is 388 g/mol. The largest absolute Gasteiger partial charge is 0.196 e. The van der Waals surface area contributed by atoms with Gasteiger partial charge in [-0.05, 0) is 64.1 Å². The predicted octanol–water partition coefficient (Wildman–Crippen LogP) is 3.97. The van der Waals surface area contributed by atoms with Crippen LogP contribution >= 0.6 is 34.2 Å². The fraction of sp³-hybridized carbons (Fsp3) is 0.462. The molecule has 1 heterocycles. The maximum Gasteiger partial charge on any atom is 0.159 e. The van der Waals surface area contributed by atoms with Crippen LogP contribution in [0.3, 0.4) is 0 Å². The molecule has 0 bridgehead atoms. The van der Waals surface area contributed by atoms with Gasteiger partial charge in [-0.3, -0.25) is 0 Å². The van der Waals surface area contributed by atoms with Crippen molar-refractivity contribution >= 4 is 34.2 Å². The van der Waals surface area contributed by atoms with Crippen LogP contribution in [0.5, 0.6) is 0 Å².